The van der Waals surface area contributed by atoms with Gasteiger partial charge >= 0.3 is 0 Å². The summed E-state index contributed by atoms with van der Waals surface area (Å²) in [4.78, 5) is 15.7. The zero-order chi connectivity index (χ0) is 17.1. The predicted molar refractivity (Wildman–Crippen MR) is 109 cm³/mol. The Morgan fingerprint density at radius 3 is 2.50 bits per heavy atom. The van der Waals surface area contributed by atoms with Gasteiger partial charge in [0.2, 0.25) is 5.91 Å². The average Bonchev–Trinajstić information content (AvgIpc) is 2.85. The van der Waals surface area contributed by atoms with Crippen LogP contribution in [0.3, 0.4) is 0 Å². The maximum absolute atomic E-state index is 11.5. The maximum atomic E-state index is 11.5. The lowest BCUT2D eigenvalue weighted by molar-refractivity contribution is -0.120. The molecule has 0 atom stereocenters. The number of amides is 1. The van der Waals surface area contributed by atoms with Gasteiger partial charge in [0.05, 0.1) is 5.69 Å². The van der Waals surface area contributed by atoms with Crippen molar-refractivity contribution in [1.82, 2.24) is 25.7 Å². The van der Waals surface area contributed by atoms with Gasteiger partial charge in [-0.25, -0.2) is 0 Å². The van der Waals surface area contributed by atoms with Crippen LogP contribution in [0.15, 0.2) is 11.1 Å². The fourth-order valence-electron chi connectivity index (χ4n) is 2.20. The molecule has 0 unspecified atom stereocenters. The Labute approximate surface area is 162 Å². The molecule has 7 nitrogen and oxygen atoms in total. The van der Waals surface area contributed by atoms with E-state index in [1.54, 1.807) is 7.05 Å². The highest BCUT2D eigenvalue weighted by molar-refractivity contribution is 14.0. The first-order valence-corrected chi connectivity index (χ1v) is 8.29. The predicted octanol–water partition coefficient (Wildman–Crippen LogP) is 1.59. The van der Waals surface area contributed by atoms with Gasteiger partial charge in [-0.3, -0.25) is 14.5 Å². The van der Waals surface area contributed by atoms with Crippen LogP contribution in [-0.4, -0.2) is 48.3 Å². The van der Waals surface area contributed by atoms with E-state index in [0.29, 0.717) is 13.0 Å². The summed E-state index contributed by atoms with van der Waals surface area (Å²) in [5.41, 5.74) is 2.23. The lowest BCUT2D eigenvalue weighted by Gasteiger charge is -2.12. The summed E-state index contributed by atoms with van der Waals surface area (Å²) < 4.78 is 2.02. The molecule has 0 bridgehead atoms. The lowest BCUT2D eigenvalue weighted by Crippen LogP contribution is -2.40. The molecule has 0 fully saturated rings. The van der Waals surface area contributed by atoms with Gasteiger partial charge in [-0.15, -0.1) is 24.0 Å². The summed E-state index contributed by atoms with van der Waals surface area (Å²) in [6, 6.07) is 2.08. The highest BCUT2D eigenvalue weighted by atomic mass is 127. The van der Waals surface area contributed by atoms with Gasteiger partial charge < -0.3 is 16.0 Å². The minimum atomic E-state index is 0. The molecule has 0 saturated carbocycles. The van der Waals surface area contributed by atoms with Gasteiger partial charge in [0.25, 0.3) is 0 Å². The Morgan fingerprint density at radius 1 is 1.21 bits per heavy atom. The minimum absolute atomic E-state index is 0. The van der Waals surface area contributed by atoms with Gasteiger partial charge in [0.15, 0.2) is 5.96 Å². The van der Waals surface area contributed by atoms with Crippen molar-refractivity contribution in [3.05, 3.63) is 17.5 Å². The summed E-state index contributed by atoms with van der Waals surface area (Å²) in [5.74, 6) is 0.793. The van der Waals surface area contributed by atoms with Gasteiger partial charge in [-0.05, 0) is 32.8 Å². The fraction of sp³-hybridized carbons (Fsp3) is 0.688. The van der Waals surface area contributed by atoms with Crippen molar-refractivity contribution in [3.8, 4) is 0 Å². The summed E-state index contributed by atoms with van der Waals surface area (Å²) >= 11 is 0. The topological polar surface area (TPSA) is 83.3 Å². The van der Waals surface area contributed by atoms with E-state index in [1.807, 2.05) is 18.5 Å². The number of rotatable bonds is 9. The molecule has 3 N–H and O–H groups in total. The van der Waals surface area contributed by atoms with E-state index >= 15 is 0 Å². The number of aryl methyl sites for hydroxylation is 3. The minimum Gasteiger partial charge on any atom is -0.356 e. The molecule has 0 aromatic carbocycles. The average molecular weight is 450 g/mol. The van der Waals surface area contributed by atoms with Crippen molar-refractivity contribution >= 4 is 35.8 Å². The highest BCUT2D eigenvalue weighted by Gasteiger charge is 2.03. The van der Waals surface area contributed by atoms with Crippen LogP contribution in [-0.2, 0) is 11.3 Å². The first-order chi connectivity index (χ1) is 11.1. The van der Waals surface area contributed by atoms with Gasteiger partial charge in [0, 0.05) is 45.3 Å². The van der Waals surface area contributed by atoms with Crippen LogP contribution >= 0.6 is 24.0 Å². The monoisotopic (exact) mass is 450 g/mol. The Balaban J connectivity index is 0.00000529. The van der Waals surface area contributed by atoms with E-state index < -0.39 is 0 Å². The molecule has 0 saturated heterocycles. The van der Waals surface area contributed by atoms with Crippen molar-refractivity contribution < 1.29 is 4.79 Å². The zero-order valence-electron chi connectivity index (χ0n) is 15.2. The molecule has 1 amide bonds. The number of carbonyl (C=O) groups is 1. The van der Waals surface area contributed by atoms with Crippen LogP contribution < -0.4 is 16.0 Å². The Bertz CT molecular complexity index is 515. The van der Waals surface area contributed by atoms with E-state index in [2.05, 4.69) is 39.0 Å². The molecular formula is C16H31IN6O. The van der Waals surface area contributed by atoms with Crippen molar-refractivity contribution in [2.24, 2.45) is 4.99 Å². The molecule has 1 heterocycles. The SMILES string of the molecule is CCCNC(=O)CCNC(=NC)NCCCn1nc(C)cc1C.I. The summed E-state index contributed by atoms with van der Waals surface area (Å²) in [5, 5.41) is 13.7. The van der Waals surface area contributed by atoms with Crippen LogP contribution in [0.2, 0.25) is 0 Å². The van der Waals surface area contributed by atoms with Gasteiger partial charge in [-0.2, -0.15) is 5.10 Å². The molecule has 1 aromatic rings. The van der Waals surface area contributed by atoms with Crippen molar-refractivity contribution in [2.45, 2.75) is 46.6 Å². The number of nitrogens with one attached hydrogen (secondary N) is 3. The van der Waals surface area contributed by atoms with E-state index in [0.717, 1.165) is 44.1 Å². The lowest BCUT2D eigenvalue weighted by atomic mass is 10.3. The molecule has 8 heteroatoms. The molecule has 0 aliphatic heterocycles. The van der Waals surface area contributed by atoms with Crippen LogP contribution in [0.1, 0.15) is 37.6 Å². The summed E-state index contributed by atoms with van der Waals surface area (Å²) in [6.45, 7) is 9.10. The number of nitrogens with zero attached hydrogens (tertiary/aromatic N) is 3. The Hall–Kier alpha value is -1.32. The molecule has 0 aliphatic rings. The first kappa shape index (κ1) is 22.7. The van der Waals surface area contributed by atoms with Crippen molar-refractivity contribution in [3.63, 3.8) is 0 Å². The van der Waals surface area contributed by atoms with Crippen molar-refractivity contribution in [1.29, 1.82) is 0 Å². The second-order valence-corrected chi connectivity index (χ2v) is 5.53. The third-order valence-corrected chi connectivity index (χ3v) is 3.38. The largest absolute Gasteiger partial charge is 0.356 e. The molecule has 0 spiro atoms. The van der Waals surface area contributed by atoms with E-state index in [9.17, 15) is 4.79 Å². The van der Waals surface area contributed by atoms with Gasteiger partial charge in [-0.1, -0.05) is 6.92 Å². The number of aliphatic imine (C=N–C) groups is 1. The number of halogens is 1. The molecule has 138 valence electrons. The number of aromatic nitrogens is 2. The summed E-state index contributed by atoms with van der Waals surface area (Å²) in [6.07, 6.45) is 2.36. The Morgan fingerprint density at radius 2 is 1.92 bits per heavy atom. The quantitative estimate of drug-likeness (QED) is 0.231. The second-order valence-electron chi connectivity index (χ2n) is 5.53. The van der Waals surface area contributed by atoms with E-state index in [-0.39, 0.29) is 29.9 Å². The second kappa shape index (κ2) is 13.0. The summed E-state index contributed by atoms with van der Waals surface area (Å²) in [7, 11) is 1.73. The van der Waals surface area contributed by atoms with Crippen LogP contribution in [0.4, 0.5) is 0 Å². The first-order valence-electron chi connectivity index (χ1n) is 8.29. The normalized spacial score (nSPS) is 10.9. The highest BCUT2D eigenvalue weighted by Crippen LogP contribution is 2.02. The van der Waals surface area contributed by atoms with Crippen LogP contribution in [0.5, 0.6) is 0 Å². The molecule has 1 rings (SSSR count). The molecular weight excluding hydrogens is 419 g/mol. The number of hydrogen-bond acceptors (Lipinski definition) is 3. The van der Waals surface area contributed by atoms with Crippen LogP contribution in [0, 0.1) is 13.8 Å². The number of carbonyl (C=O) groups excluding carboxylic acids is 1. The number of hydrogen-bond donors (Lipinski definition) is 3. The number of guanidine groups is 1. The molecule has 1 aromatic heterocycles. The van der Waals surface area contributed by atoms with E-state index in [4.69, 9.17) is 0 Å². The molecule has 0 aliphatic carbocycles. The van der Waals surface area contributed by atoms with E-state index in [1.165, 1.54) is 5.69 Å². The van der Waals surface area contributed by atoms with Crippen LogP contribution in [0.25, 0.3) is 0 Å². The molecule has 24 heavy (non-hydrogen) atoms. The smallest absolute Gasteiger partial charge is 0.221 e. The third kappa shape index (κ3) is 9.09. The maximum Gasteiger partial charge on any atom is 0.221 e. The zero-order valence-corrected chi connectivity index (χ0v) is 17.5. The molecule has 0 radical (unpaired) electrons. The van der Waals surface area contributed by atoms with Gasteiger partial charge in [0.1, 0.15) is 0 Å². The Kier molecular flexibility index (Phi) is 12.3. The fourth-order valence-corrected chi connectivity index (χ4v) is 2.20. The standard InChI is InChI=1S/C16H30N6O.HI/c1-5-8-18-15(23)7-10-20-16(17-4)19-9-6-11-22-14(3)12-13(2)21-22;/h12H,5-11H2,1-4H3,(H,18,23)(H2,17,19,20);1H. The third-order valence-electron chi connectivity index (χ3n) is 3.38. The van der Waals surface area contributed by atoms with Crippen molar-refractivity contribution in [2.75, 3.05) is 26.7 Å².